The number of esters is 1. The number of anilines is 1. The van der Waals surface area contributed by atoms with E-state index in [2.05, 4.69) is 20.5 Å². The Morgan fingerprint density at radius 2 is 1.68 bits per heavy atom. The van der Waals surface area contributed by atoms with Crippen molar-refractivity contribution in [1.82, 2.24) is 9.97 Å². The molecule has 1 N–H and O–H groups in total. The van der Waals surface area contributed by atoms with E-state index in [0.717, 1.165) is 11.3 Å². The van der Waals surface area contributed by atoms with Gasteiger partial charge in [-0.05, 0) is 66.7 Å². The van der Waals surface area contributed by atoms with E-state index in [1.165, 1.54) is 24.3 Å². The molecule has 3 aromatic carbocycles. The second-order valence-electron chi connectivity index (χ2n) is 6.46. The van der Waals surface area contributed by atoms with E-state index >= 15 is 0 Å². The van der Waals surface area contributed by atoms with Gasteiger partial charge in [-0.1, -0.05) is 18.2 Å². The summed E-state index contributed by atoms with van der Waals surface area (Å²) < 4.78 is 18.3. The van der Waals surface area contributed by atoms with Crippen molar-refractivity contribution in [3.8, 4) is 17.1 Å². The average Bonchev–Trinajstić information content (AvgIpc) is 2.81. The van der Waals surface area contributed by atoms with Crippen LogP contribution in [0.5, 0.6) is 5.75 Å². The molecule has 0 unspecified atom stereocenters. The number of carbonyl (C=O) groups is 1. The summed E-state index contributed by atoms with van der Waals surface area (Å²) >= 11 is 0. The third-order valence-corrected chi connectivity index (χ3v) is 4.24. The van der Waals surface area contributed by atoms with Crippen molar-refractivity contribution in [2.75, 3.05) is 5.43 Å². The van der Waals surface area contributed by atoms with Crippen molar-refractivity contribution < 1.29 is 13.9 Å². The number of para-hydroxylation sites is 1. The third kappa shape index (κ3) is 5.36. The molecule has 0 bridgehead atoms. The predicted octanol–water partition coefficient (Wildman–Crippen LogP) is 4.95. The summed E-state index contributed by atoms with van der Waals surface area (Å²) in [4.78, 5) is 20.9. The summed E-state index contributed by atoms with van der Waals surface area (Å²) in [6, 6.07) is 23.3. The summed E-state index contributed by atoms with van der Waals surface area (Å²) in [5, 5.41) is 4.18. The molecule has 7 heteroatoms. The molecule has 152 valence electrons. The highest BCUT2D eigenvalue weighted by Gasteiger charge is 2.09. The summed E-state index contributed by atoms with van der Waals surface area (Å²) in [6.45, 7) is 0. The molecule has 0 amide bonds. The Bertz CT molecular complexity index is 1190. The van der Waals surface area contributed by atoms with Crippen molar-refractivity contribution in [2.24, 2.45) is 5.10 Å². The Hall–Kier alpha value is -4.39. The minimum absolute atomic E-state index is 0.268. The van der Waals surface area contributed by atoms with E-state index in [1.54, 1.807) is 42.7 Å². The number of carbonyl (C=O) groups excluding carboxylic acids is 1. The van der Waals surface area contributed by atoms with Gasteiger partial charge in [-0.2, -0.15) is 5.10 Å². The Labute approximate surface area is 178 Å². The van der Waals surface area contributed by atoms with Crippen LogP contribution in [-0.4, -0.2) is 22.2 Å². The molecule has 4 aromatic rings. The lowest BCUT2D eigenvalue weighted by Gasteiger charge is -2.06. The topological polar surface area (TPSA) is 76.5 Å². The van der Waals surface area contributed by atoms with Gasteiger partial charge in [0.1, 0.15) is 11.6 Å². The monoisotopic (exact) mass is 412 g/mol. The standard InChI is InChI=1S/C24H17FN4O2/c25-19-10-6-18(7-11-19)24(30)31-22-12-8-17(9-13-22)23-26-15-14-21(28-23)16-27-29-20-4-2-1-3-5-20/h1-16,29H/b27-16+. The van der Waals surface area contributed by atoms with Gasteiger partial charge in [0.15, 0.2) is 5.82 Å². The van der Waals surface area contributed by atoms with Crippen LogP contribution in [0.25, 0.3) is 11.4 Å². The first-order valence-electron chi connectivity index (χ1n) is 9.43. The van der Waals surface area contributed by atoms with Gasteiger partial charge >= 0.3 is 5.97 Å². The van der Waals surface area contributed by atoms with Gasteiger partial charge in [0.2, 0.25) is 0 Å². The Balaban J connectivity index is 1.42. The second-order valence-corrected chi connectivity index (χ2v) is 6.46. The van der Waals surface area contributed by atoms with E-state index in [1.807, 2.05) is 30.3 Å². The lowest BCUT2D eigenvalue weighted by atomic mass is 10.2. The minimum atomic E-state index is -0.562. The van der Waals surface area contributed by atoms with Crippen LogP contribution in [0.15, 0.2) is 96.2 Å². The van der Waals surface area contributed by atoms with Gasteiger partial charge in [-0.15, -0.1) is 0 Å². The molecule has 0 radical (unpaired) electrons. The smallest absolute Gasteiger partial charge is 0.343 e. The van der Waals surface area contributed by atoms with Crippen molar-refractivity contribution >= 4 is 17.9 Å². The number of nitrogens with one attached hydrogen (secondary N) is 1. The fourth-order valence-corrected chi connectivity index (χ4v) is 2.69. The maximum Gasteiger partial charge on any atom is 0.343 e. The number of ether oxygens (including phenoxy) is 1. The van der Waals surface area contributed by atoms with Crippen molar-refractivity contribution in [3.05, 3.63) is 108 Å². The quantitative estimate of drug-likeness (QED) is 0.210. The van der Waals surface area contributed by atoms with Crippen LogP contribution < -0.4 is 10.2 Å². The first-order valence-corrected chi connectivity index (χ1v) is 9.43. The van der Waals surface area contributed by atoms with Crippen molar-refractivity contribution in [2.45, 2.75) is 0 Å². The molecule has 0 saturated heterocycles. The molecule has 0 atom stereocenters. The van der Waals surface area contributed by atoms with E-state index in [0.29, 0.717) is 17.3 Å². The molecule has 1 heterocycles. The first-order chi connectivity index (χ1) is 15.2. The number of hydrogen-bond donors (Lipinski definition) is 1. The maximum absolute atomic E-state index is 13.0. The number of hydrazone groups is 1. The Morgan fingerprint density at radius 3 is 2.42 bits per heavy atom. The van der Waals surface area contributed by atoms with E-state index in [9.17, 15) is 9.18 Å². The van der Waals surface area contributed by atoms with Crippen LogP contribution in [0.4, 0.5) is 10.1 Å². The Kier molecular flexibility index (Phi) is 6.04. The molecule has 0 aliphatic heterocycles. The third-order valence-electron chi connectivity index (χ3n) is 4.24. The van der Waals surface area contributed by atoms with E-state index in [4.69, 9.17) is 4.74 Å². The molecular weight excluding hydrogens is 395 g/mol. The van der Waals surface area contributed by atoms with Gasteiger partial charge < -0.3 is 4.74 Å². The molecule has 1 aromatic heterocycles. The molecule has 31 heavy (non-hydrogen) atoms. The molecule has 0 fully saturated rings. The SMILES string of the molecule is O=C(Oc1ccc(-c2nccc(/C=N/Nc3ccccc3)n2)cc1)c1ccc(F)cc1. The number of rotatable bonds is 6. The maximum atomic E-state index is 13.0. The molecule has 0 aliphatic rings. The van der Waals surface area contributed by atoms with Gasteiger partial charge in [0, 0.05) is 11.8 Å². The predicted molar refractivity (Wildman–Crippen MR) is 116 cm³/mol. The van der Waals surface area contributed by atoms with Gasteiger partial charge in [0.05, 0.1) is 23.2 Å². The fraction of sp³-hybridized carbons (Fsp3) is 0. The summed E-state index contributed by atoms with van der Waals surface area (Å²) in [5.41, 5.74) is 5.47. The summed E-state index contributed by atoms with van der Waals surface area (Å²) in [5.74, 6) is -0.0972. The van der Waals surface area contributed by atoms with Gasteiger partial charge in [-0.25, -0.2) is 19.2 Å². The summed E-state index contributed by atoms with van der Waals surface area (Å²) in [7, 11) is 0. The first kappa shape index (κ1) is 19.9. The highest BCUT2D eigenvalue weighted by Crippen LogP contribution is 2.20. The average molecular weight is 412 g/mol. The minimum Gasteiger partial charge on any atom is -0.423 e. The number of benzene rings is 3. The van der Waals surface area contributed by atoms with Crippen molar-refractivity contribution in [1.29, 1.82) is 0 Å². The largest absolute Gasteiger partial charge is 0.423 e. The molecule has 0 aliphatic carbocycles. The van der Waals surface area contributed by atoms with Crippen LogP contribution in [0.1, 0.15) is 16.1 Å². The molecular formula is C24H17FN4O2. The van der Waals surface area contributed by atoms with Crippen LogP contribution in [0.2, 0.25) is 0 Å². The molecule has 0 saturated carbocycles. The van der Waals surface area contributed by atoms with Crippen molar-refractivity contribution in [3.63, 3.8) is 0 Å². The van der Waals surface area contributed by atoms with E-state index in [-0.39, 0.29) is 5.56 Å². The van der Waals surface area contributed by atoms with Gasteiger partial charge in [-0.3, -0.25) is 5.43 Å². The lowest BCUT2D eigenvalue weighted by Crippen LogP contribution is -2.08. The zero-order valence-electron chi connectivity index (χ0n) is 16.3. The second kappa shape index (κ2) is 9.41. The number of nitrogens with zero attached hydrogens (tertiary/aromatic N) is 3. The fourth-order valence-electron chi connectivity index (χ4n) is 2.69. The van der Waals surface area contributed by atoms with Crippen LogP contribution in [0, 0.1) is 5.82 Å². The normalized spacial score (nSPS) is 10.7. The highest BCUT2D eigenvalue weighted by atomic mass is 19.1. The number of aromatic nitrogens is 2. The molecule has 4 rings (SSSR count). The molecule has 0 spiro atoms. The zero-order chi connectivity index (χ0) is 21.5. The molecule has 6 nitrogen and oxygen atoms in total. The van der Waals surface area contributed by atoms with E-state index < -0.39 is 11.8 Å². The summed E-state index contributed by atoms with van der Waals surface area (Å²) in [6.07, 6.45) is 3.26. The highest BCUT2D eigenvalue weighted by molar-refractivity contribution is 5.91. The Morgan fingerprint density at radius 1 is 0.935 bits per heavy atom. The van der Waals surface area contributed by atoms with Gasteiger partial charge in [0.25, 0.3) is 0 Å². The number of hydrogen-bond acceptors (Lipinski definition) is 6. The van der Waals surface area contributed by atoms with Crippen LogP contribution >= 0.6 is 0 Å². The van der Waals surface area contributed by atoms with Crippen LogP contribution in [0.3, 0.4) is 0 Å². The number of halogens is 1. The lowest BCUT2D eigenvalue weighted by molar-refractivity contribution is 0.0734. The van der Waals surface area contributed by atoms with Crippen LogP contribution in [-0.2, 0) is 0 Å². The zero-order valence-corrected chi connectivity index (χ0v) is 16.3.